The fourth-order valence-electron chi connectivity index (χ4n) is 3.98. The minimum absolute atomic E-state index is 0.160. The van der Waals surface area contributed by atoms with Crippen LogP contribution in [0, 0.1) is 6.92 Å². The van der Waals surface area contributed by atoms with Crippen molar-refractivity contribution in [2.45, 2.75) is 50.5 Å². The number of hydrogen-bond acceptors (Lipinski definition) is 6. The average molecular weight is 395 g/mol. The van der Waals surface area contributed by atoms with E-state index in [1.807, 2.05) is 19.2 Å². The topological polar surface area (TPSA) is 70.0 Å². The second-order valence-corrected chi connectivity index (χ2v) is 8.07. The number of hydrogen-bond donors (Lipinski definition) is 2. The number of pyridine rings is 1. The number of aryl methyl sites for hydroxylation is 1. The molecule has 2 N–H and O–H groups in total. The molecule has 2 fully saturated rings. The molecule has 0 aliphatic carbocycles. The fourth-order valence-corrected chi connectivity index (χ4v) is 4.33. The Labute approximate surface area is 166 Å². The van der Waals surface area contributed by atoms with Crippen molar-refractivity contribution in [3.63, 3.8) is 0 Å². The number of nitrogens with zero attached hydrogens (tertiary/aromatic N) is 3. The molecule has 1 unspecified atom stereocenters. The SMILES string of the molecule is Cc1ccc(C2(/C(Cl)=N/OCC(O)CN3CCCCC3)CCNCC2)cn1. The Morgan fingerprint density at radius 1 is 1.33 bits per heavy atom. The molecule has 1 aromatic rings. The van der Waals surface area contributed by atoms with Crippen LogP contribution in [0.4, 0.5) is 0 Å². The van der Waals surface area contributed by atoms with Crippen LogP contribution in [0.2, 0.25) is 0 Å². The smallest absolute Gasteiger partial charge is 0.156 e. The second kappa shape index (κ2) is 9.82. The highest BCUT2D eigenvalue weighted by atomic mass is 35.5. The van der Waals surface area contributed by atoms with Crippen LogP contribution in [0.3, 0.4) is 0 Å². The Bertz CT molecular complexity index is 611. The normalized spacial score (nSPS) is 22.4. The van der Waals surface area contributed by atoms with Crippen molar-refractivity contribution in [2.24, 2.45) is 5.16 Å². The van der Waals surface area contributed by atoms with E-state index in [4.69, 9.17) is 16.4 Å². The molecule has 150 valence electrons. The molecule has 1 atom stereocenters. The quantitative estimate of drug-likeness (QED) is 0.549. The lowest BCUT2D eigenvalue weighted by atomic mass is 9.74. The molecule has 27 heavy (non-hydrogen) atoms. The van der Waals surface area contributed by atoms with Crippen LogP contribution < -0.4 is 5.32 Å². The minimum atomic E-state index is -0.554. The summed E-state index contributed by atoms with van der Waals surface area (Å²) in [5.74, 6) is 0. The monoisotopic (exact) mass is 394 g/mol. The number of piperidine rings is 2. The largest absolute Gasteiger partial charge is 0.392 e. The van der Waals surface area contributed by atoms with E-state index in [1.54, 1.807) is 0 Å². The van der Waals surface area contributed by atoms with Gasteiger partial charge >= 0.3 is 0 Å². The van der Waals surface area contributed by atoms with Gasteiger partial charge in [0.2, 0.25) is 0 Å². The Morgan fingerprint density at radius 2 is 2.07 bits per heavy atom. The van der Waals surface area contributed by atoms with Gasteiger partial charge in [0.05, 0.1) is 5.41 Å². The molecular formula is C20H31ClN4O2. The molecule has 0 aromatic carbocycles. The number of aliphatic hydroxyl groups excluding tert-OH is 1. The predicted molar refractivity (Wildman–Crippen MR) is 108 cm³/mol. The molecule has 0 amide bonds. The number of rotatable bonds is 7. The van der Waals surface area contributed by atoms with Crippen molar-refractivity contribution in [1.29, 1.82) is 0 Å². The summed E-state index contributed by atoms with van der Waals surface area (Å²) in [6.07, 6.45) is 6.73. The highest BCUT2D eigenvalue weighted by Crippen LogP contribution is 2.36. The van der Waals surface area contributed by atoms with E-state index in [9.17, 15) is 5.11 Å². The number of oxime groups is 1. The van der Waals surface area contributed by atoms with Gasteiger partial charge < -0.3 is 20.2 Å². The van der Waals surface area contributed by atoms with Gasteiger partial charge in [0.15, 0.2) is 5.17 Å². The summed E-state index contributed by atoms with van der Waals surface area (Å²) in [5.41, 5.74) is 1.68. The van der Waals surface area contributed by atoms with Crippen LogP contribution in [0.15, 0.2) is 23.5 Å². The molecule has 3 rings (SSSR count). The maximum atomic E-state index is 10.2. The van der Waals surface area contributed by atoms with Gasteiger partial charge in [-0.25, -0.2) is 0 Å². The number of aliphatic hydroxyl groups is 1. The third-order valence-electron chi connectivity index (χ3n) is 5.65. The van der Waals surface area contributed by atoms with Crippen molar-refractivity contribution in [3.8, 4) is 0 Å². The predicted octanol–water partition coefficient (Wildman–Crippen LogP) is 2.43. The number of likely N-dealkylation sites (tertiary alicyclic amines) is 1. The number of aromatic nitrogens is 1. The maximum Gasteiger partial charge on any atom is 0.156 e. The van der Waals surface area contributed by atoms with Crippen LogP contribution in [0.5, 0.6) is 0 Å². The zero-order chi connectivity index (χ0) is 19.1. The van der Waals surface area contributed by atoms with Crippen LogP contribution in [0.1, 0.15) is 43.4 Å². The lowest BCUT2D eigenvalue weighted by Crippen LogP contribution is -2.44. The van der Waals surface area contributed by atoms with Gasteiger partial charge in [0.25, 0.3) is 0 Å². The van der Waals surface area contributed by atoms with Gasteiger partial charge in [-0.1, -0.05) is 29.2 Å². The summed E-state index contributed by atoms with van der Waals surface area (Å²) in [4.78, 5) is 12.2. The highest BCUT2D eigenvalue weighted by Gasteiger charge is 2.39. The Hall–Kier alpha value is -1.21. The molecule has 2 saturated heterocycles. The molecular weight excluding hydrogens is 364 g/mol. The molecule has 0 spiro atoms. The first-order chi connectivity index (χ1) is 13.1. The van der Waals surface area contributed by atoms with Crippen LogP contribution in [-0.4, -0.2) is 65.6 Å². The minimum Gasteiger partial charge on any atom is -0.392 e. The maximum absolute atomic E-state index is 10.2. The standard InChI is InChI=1S/C20H31ClN4O2/c1-16-5-6-17(13-23-16)20(7-9-22-10-8-20)19(21)24-27-15-18(26)14-25-11-3-2-4-12-25/h5-6,13,18,22,26H,2-4,7-12,14-15H2,1H3/b24-19-. The number of halogens is 1. The van der Waals surface area contributed by atoms with Crippen LogP contribution in [0.25, 0.3) is 0 Å². The first-order valence-corrected chi connectivity index (χ1v) is 10.4. The lowest BCUT2D eigenvalue weighted by Gasteiger charge is -2.36. The molecule has 7 heteroatoms. The van der Waals surface area contributed by atoms with Gasteiger partial charge in [-0.15, -0.1) is 0 Å². The van der Waals surface area contributed by atoms with Gasteiger partial charge in [0, 0.05) is 18.4 Å². The summed E-state index contributed by atoms with van der Waals surface area (Å²) in [7, 11) is 0. The van der Waals surface area contributed by atoms with E-state index < -0.39 is 6.10 Å². The van der Waals surface area contributed by atoms with Crippen molar-refractivity contribution in [1.82, 2.24) is 15.2 Å². The second-order valence-electron chi connectivity index (χ2n) is 7.71. The Morgan fingerprint density at radius 3 is 2.74 bits per heavy atom. The zero-order valence-corrected chi connectivity index (χ0v) is 16.9. The fraction of sp³-hybridized carbons (Fsp3) is 0.700. The lowest BCUT2D eigenvalue weighted by molar-refractivity contribution is 0.0154. The molecule has 0 saturated carbocycles. The zero-order valence-electron chi connectivity index (χ0n) is 16.2. The summed E-state index contributed by atoms with van der Waals surface area (Å²) < 4.78 is 0. The van der Waals surface area contributed by atoms with Crippen molar-refractivity contribution in [2.75, 3.05) is 39.3 Å². The molecule has 1 aromatic heterocycles. The molecule has 2 aliphatic heterocycles. The van der Waals surface area contributed by atoms with Crippen molar-refractivity contribution < 1.29 is 9.94 Å². The van der Waals surface area contributed by atoms with E-state index in [0.29, 0.717) is 11.7 Å². The van der Waals surface area contributed by atoms with Crippen LogP contribution in [-0.2, 0) is 10.3 Å². The number of nitrogens with one attached hydrogen (secondary N) is 1. The van der Waals surface area contributed by atoms with Gasteiger partial charge in [-0.05, 0) is 70.4 Å². The molecule has 3 heterocycles. The summed E-state index contributed by atoms with van der Waals surface area (Å²) in [6.45, 7) is 6.61. The molecule has 0 bridgehead atoms. The van der Waals surface area contributed by atoms with E-state index in [0.717, 1.165) is 50.3 Å². The first-order valence-electron chi connectivity index (χ1n) is 10.0. The summed E-state index contributed by atoms with van der Waals surface area (Å²) in [5, 5.41) is 18.3. The average Bonchev–Trinajstić information content (AvgIpc) is 2.69. The van der Waals surface area contributed by atoms with Gasteiger partial charge in [0.1, 0.15) is 12.7 Å². The van der Waals surface area contributed by atoms with Gasteiger partial charge in [-0.2, -0.15) is 0 Å². The van der Waals surface area contributed by atoms with E-state index in [-0.39, 0.29) is 12.0 Å². The van der Waals surface area contributed by atoms with Gasteiger partial charge in [-0.3, -0.25) is 4.98 Å². The summed E-state index contributed by atoms with van der Waals surface area (Å²) >= 11 is 6.64. The van der Waals surface area contributed by atoms with Crippen molar-refractivity contribution in [3.05, 3.63) is 29.6 Å². The Balaban J connectivity index is 1.61. The molecule has 6 nitrogen and oxygen atoms in total. The van der Waals surface area contributed by atoms with E-state index >= 15 is 0 Å². The van der Waals surface area contributed by atoms with Crippen molar-refractivity contribution >= 4 is 16.8 Å². The van der Waals surface area contributed by atoms with E-state index in [2.05, 4.69) is 26.4 Å². The van der Waals surface area contributed by atoms with Crippen LogP contribution >= 0.6 is 11.6 Å². The first kappa shape index (κ1) is 20.5. The summed E-state index contributed by atoms with van der Waals surface area (Å²) in [6, 6.07) is 4.09. The molecule has 0 radical (unpaired) electrons. The third kappa shape index (κ3) is 5.41. The highest BCUT2D eigenvalue weighted by molar-refractivity contribution is 6.67. The Kier molecular flexibility index (Phi) is 7.47. The molecule has 2 aliphatic rings. The number of β-amino-alcohol motifs (C(OH)–C–C–N with tert-alkyl or cyclic N) is 1. The van der Waals surface area contributed by atoms with E-state index in [1.165, 1.54) is 19.3 Å². The third-order valence-corrected chi connectivity index (χ3v) is 6.08.